The van der Waals surface area contributed by atoms with Crippen LogP contribution in [0.1, 0.15) is 19.4 Å². The van der Waals surface area contributed by atoms with Crippen LogP contribution in [0.3, 0.4) is 0 Å². The molecule has 1 fully saturated rings. The number of hydrogen-bond donors (Lipinski definition) is 1. The van der Waals surface area contributed by atoms with E-state index in [-0.39, 0.29) is 18.6 Å². The Bertz CT molecular complexity index is 393. The summed E-state index contributed by atoms with van der Waals surface area (Å²) in [6.07, 6.45) is 4.46. The number of aromatic nitrogens is 2. The summed E-state index contributed by atoms with van der Waals surface area (Å²) in [7, 11) is 0. The van der Waals surface area contributed by atoms with E-state index in [1.807, 2.05) is 24.1 Å². The van der Waals surface area contributed by atoms with Gasteiger partial charge in [0.05, 0.1) is 6.61 Å². The van der Waals surface area contributed by atoms with E-state index in [2.05, 4.69) is 10.00 Å². The molecule has 1 atom stereocenters. The van der Waals surface area contributed by atoms with E-state index in [0.717, 1.165) is 32.6 Å². The predicted molar refractivity (Wildman–Crippen MR) is 71.7 cm³/mol. The van der Waals surface area contributed by atoms with Gasteiger partial charge < -0.3 is 10.0 Å². The molecule has 2 heterocycles. The van der Waals surface area contributed by atoms with Gasteiger partial charge >= 0.3 is 0 Å². The van der Waals surface area contributed by atoms with E-state index in [4.69, 9.17) is 5.11 Å². The largest absolute Gasteiger partial charge is 0.395 e. The average molecular weight is 266 g/mol. The summed E-state index contributed by atoms with van der Waals surface area (Å²) in [6.45, 7) is 6.04. The van der Waals surface area contributed by atoms with Crippen LogP contribution < -0.4 is 0 Å². The van der Waals surface area contributed by atoms with Crippen LogP contribution in [0.4, 0.5) is 0 Å². The zero-order valence-corrected chi connectivity index (χ0v) is 11.4. The van der Waals surface area contributed by atoms with Gasteiger partial charge in [0.15, 0.2) is 0 Å². The van der Waals surface area contributed by atoms with Crippen molar-refractivity contribution in [3.8, 4) is 0 Å². The van der Waals surface area contributed by atoms with Gasteiger partial charge in [0, 0.05) is 38.6 Å². The zero-order chi connectivity index (χ0) is 13.7. The van der Waals surface area contributed by atoms with E-state index in [1.54, 1.807) is 10.9 Å². The summed E-state index contributed by atoms with van der Waals surface area (Å²) in [5, 5.41) is 13.1. The van der Waals surface area contributed by atoms with Gasteiger partial charge in [0.25, 0.3) is 0 Å². The van der Waals surface area contributed by atoms with E-state index in [9.17, 15) is 4.79 Å². The van der Waals surface area contributed by atoms with Gasteiger partial charge in [-0.05, 0) is 26.0 Å². The van der Waals surface area contributed by atoms with Crippen molar-refractivity contribution in [1.82, 2.24) is 19.6 Å². The highest BCUT2D eigenvalue weighted by Crippen LogP contribution is 2.11. The predicted octanol–water partition coefficient (Wildman–Crippen LogP) is -0.0293. The number of rotatable bonds is 4. The molecule has 0 aromatic carbocycles. The van der Waals surface area contributed by atoms with Gasteiger partial charge in [-0.3, -0.25) is 14.4 Å². The second-order valence-corrected chi connectivity index (χ2v) is 4.91. The Morgan fingerprint density at radius 3 is 2.89 bits per heavy atom. The summed E-state index contributed by atoms with van der Waals surface area (Å²) in [4.78, 5) is 16.5. The zero-order valence-electron chi connectivity index (χ0n) is 11.4. The van der Waals surface area contributed by atoms with Crippen LogP contribution in [-0.4, -0.2) is 69.9 Å². The molecule has 0 spiro atoms. The maximum atomic E-state index is 12.4. The van der Waals surface area contributed by atoms with Crippen molar-refractivity contribution in [2.24, 2.45) is 0 Å². The van der Waals surface area contributed by atoms with Gasteiger partial charge in [0.1, 0.15) is 6.04 Å². The minimum absolute atomic E-state index is 0.120. The lowest BCUT2D eigenvalue weighted by molar-refractivity contribution is -0.134. The monoisotopic (exact) mass is 266 g/mol. The molecule has 0 saturated carbocycles. The molecule has 2 rings (SSSR count). The summed E-state index contributed by atoms with van der Waals surface area (Å²) in [5.41, 5.74) is 0. The van der Waals surface area contributed by atoms with Crippen LogP contribution >= 0.6 is 0 Å². The van der Waals surface area contributed by atoms with Crippen molar-refractivity contribution in [2.75, 3.05) is 39.3 Å². The third-order valence-corrected chi connectivity index (χ3v) is 3.60. The quantitative estimate of drug-likeness (QED) is 0.831. The van der Waals surface area contributed by atoms with Crippen molar-refractivity contribution >= 4 is 5.91 Å². The van der Waals surface area contributed by atoms with E-state index in [0.29, 0.717) is 6.54 Å². The maximum absolute atomic E-state index is 12.4. The molecule has 1 N–H and O–H groups in total. The molecular weight excluding hydrogens is 244 g/mol. The molecule has 0 radical (unpaired) electrons. The molecule has 1 amide bonds. The van der Waals surface area contributed by atoms with Crippen LogP contribution in [-0.2, 0) is 4.79 Å². The average Bonchev–Trinajstić information content (AvgIpc) is 2.85. The summed E-state index contributed by atoms with van der Waals surface area (Å²) >= 11 is 0. The van der Waals surface area contributed by atoms with Crippen LogP contribution in [0, 0.1) is 0 Å². The Hall–Kier alpha value is -1.40. The SMILES string of the molecule is CC(C(=O)N1CCCN(CCO)CC1)n1cccn1. The number of nitrogens with zero attached hydrogens (tertiary/aromatic N) is 4. The Labute approximate surface area is 113 Å². The number of β-amino-alcohol motifs (C(OH)–C–C–N with tert-alkyl or cyclic N) is 1. The third-order valence-electron chi connectivity index (χ3n) is 3.60. The molecule has 1 saturated heterocycles. The molecule has 1 aromatic heterocycles. The number of carbonyl (C=O) groups excluding carboxylic acids is 1. The fourth-order valence-corrected chi connectivity index (χ4v) is 2.44. The number of hydrogen-bond acceptors (Lipinski definition) is 4. The smallest absolute Gasteiger partial charge is 0.247 e. The molecule has 6 heteroatoms. The maximum Gasteiger partial charge on any atom is 0.247 e. The van der Waals surface area contributed by atoms with Crippen molar-refractivity contribution < 1.29 is 9.90 Å². The minimum Gasteiger partial charge on any atom is -0.395 e. The molecule has 0 aliphatic carbocycles. The fourth-order valence-electron chi connectivity index (χ4n) is 2.44. The lowest BCUT2D eigenvalue weighted by Gasteiger charge is -2.24. The third kappa shape index (κ3) is 3.54. The van der Waals surface area contributed by atoms with Crippen molar-refractivity contribution in [2.45, 2.75) is 19.4 Å². The molecule has 1 aromatic rings. The Kier molecular flexibility index (Phi) is 4.93. The minimum atomic E-state index is -0.251. The number of carbonyl (C=O) groups is 1. The highest BCUT2D eigenvalue weighted by Gasteiger charge is 2.24. The first-order valence-corrected chi connectivity index (χ1v) is 6.83. The van der Waals surface area contributed by atoms with Crippen LogP contribution in [0.25, 0.3) is 0 Å². The van der Waals surface area contributed by atoms with Gasteiger partial charge in [-0.25, -0.2) is 0 Å². The Morgan fingerprint density at radius 2 is 2.21 bits per heavy atom. The molecule has 1 aliphatic heterocycles. The van der Waals surface area contributed by atoms with E-state index >= 15 is 0 Å². The van der Waals surface area contributed by atoms with Crippen LogP contribution in [0.2, 0.25) is 0 Å². The van der Waals surface area contributed by atoms with Gasteiger partial charge in [-0.2, -0.15) is 5.10 Å². The van der Waals surface area contributed by atoms with E-state index < -0.39 is 0 Å². The number of aliphatic hydroxyl groups is 1. The summed E-state index contributed by atoms with van der Waals surface area (Å²) in [5.74, 6) is 0.120. The normalized spacial score (nSPS) is 19.2. The topological polar surface area (TPSA) is 61.6 Å². The molecule has 106 valence electrons. The first-order chi connectivity index (χ1) is 9.22. The number of aliphatic hydroxyl groups excluding tert-OH is 1. The van der Waals surface area contributed by atoms with Crippen molar-refractivity contribution in [3.05, 3.63) is 18.5 Å². The summed E-state index contributed by atoms with van der Waals surface area (Å²) in [6, 6.07) is 1.58. The second kappa shape index (κ2) is 6.68. The standard InChI is InChI=1S/C13H22N4O2/c1-12(17-7-2-4-14-17)13(19)16-6-3-5-15(8-9-16)10-11-18/h2,4,7,12,18H,3,5-6,8-11H2,1H3. The molecular formula is C13H22N4O2. The van der Waals surface area contributed by atoms with Gasteiger partial charge in [-0.15, -0.1) is 0 Å². The van der Waals surface area contributed by atoms with Gasteiger partial charge in [0.2, 0.25) is 5.91 Å². The van der Waals surface area contributed by atoms with Gasteiger partial charge in [-0.1, -0.05) is 0 Å². The first-order valence-electron chi connectivity index (χ1n) is 6.83. The van der Waals surface area contributed by atoms with Crippen LogP contribution in [0.5, 0.6) is 0 Å². The Balaban J connectivity index is 1.92. The Morgan fingerprint density at radius 1 is 1.37 bits per heavy atom. The second-order valence-electron chi connectivity index (χ2n) is 4.91. The van der Waals surface area contributed by atoms with E-state index in [1.165, 1.54) is 0 Å². The molecule has 6 nitrogen and oxygen atoms in total. The highest BCUT2D eigenvalue weighted by atomic mass is 16.3. The molecule has 0 bridgehead atoms. The lowest BCUT2D eigenvalue weighted by atomic mass is 10.2. The highest BCUT2D eigenvalue weighted by molar-refractivity contribution is 5.80. The first kappa shape index (κ1) is 14.0. The molecule has 19 heavy (non-hydrogen) atoms. The number of amides is 1. The lowest BCUT2D eigenvalue weighted by Crippen LogP contribution is -2.39. The molecule has 1 aliphatic rings. The summed E-state index contributed by atoms with van der Waals surface area (Å²) < 4.78 is 1.69. The van der Waals surface area contributed by atoms with Crippen LogP contribution in [0.15, 0.2) is 18.5 Å². The van der Waals surface area contributed by atoms with Crippen molar-refractivity contribution in [3.63, 3.8) is 0 Å². The van der Waals surface area contributed by atoms with Crippen molar-refractivity contribution in [1.29, 1.82) is 0 Å². The molecule has 1 unspecified atom stereocenters. The fraction of sp³-hybridized carbons (Fsp3) is 0.692.